The van der Waals surface area contributed by atoms with Crippen molar-refractivity contribution in [2.45, 2.75) is 31.6 Å². The summed E-state index contributed by atoms with van der Waals surface area (Å²) in [6.07, 6.45) is -2.73. The minimum atomic E-state index is -4.44. The standard InChI is InChI=1S/C15H15F3N4O2.ClH/c16-15(17,18)10-4-1-3-9(7-10)13-21-12(24-22-13)8-20-14(23)11-5-2-6-19-11;/h1,3-4,7,11,19H,2,5-6,8H2,(H,20,23);1H. The van der Waals surface area contributed by atoms with Gasteiger partial charge in [-0.1, -0.05) is 17.3 Å². The van der Waals surface area contributed by atoms with Gasteiger partial charge in [0, 0.05) is 5.56 Å². The first kappa shape index (κ1) is 19.2. The predicted molar refractivity (Wildman–Crippen MR) is 84.9 cm³/mol. The molecule has 0 radical (unpaired) electrons. The number of carbonyl (C=O) groups excluding carboxylic acids is 1. The Bertz CT molecular complexity index is 730. The lowest BCUT2D eigenvalue weighted by Crippen LogP contribution is -2.40. The molecule has 2 N–H and O–H groups in total. The Kier molecular flexibility index (Phi) is 6.02. The Labute approximate surface area is 147 Å². The first-order valence-electron chi connectivity index (χ1n) is 7.45. The molecule has 1 aliphatic heterocycles. The summed E-state index contributed by atoms with van der Waals surface area (Å²) in [6.45, 7) is 0.835. The molecule has 1 unspecified atom stereocenters. The number of alkyl halides is 3. The van der Waals surface area contributed by atoms with Crippen molar-refractivity contribution < 1.29 is 22.5 Å². The second-order valence-electron chi connectivity index (χ2n) is 5.46. The predicted octanol–water partition coefficient (Wildman–Crippen LogP) is 2.55. The summed E-state index contributed by atoms with van der Waals surface area (Å²) in [7, 11) is 0. The van der Waals surface area contributed by atoms with Gasteiger partial charge in [0.25, 0.3) is 0 Å². The summed E-state index contributed by atoms with van der Waals surface area (Å²) >= 11 is 0. The van der Waals surface area contributed by atoms with Gasteiger partial charge in [-0.3, -0.25) is 4.79 Å². The molecule has 2 aromatic rings. The molecule has 6 nitrogen and oxygen atoms in total. The summed E-state index contributed by atoms with van der Waals surface area (Å²) in [6, 6.07) is 4.44. The molecule has 1 aliphatic rings. The summed E-state index contributed by atoms with van der Waals surface area (Å²) in [4.78, 5) is 15.9. The maximum absolute atomic E-state index is 12.7. The highest BCUT2D eigenvalue weighted by Crippen LogP contribution is 2.31. The third-order valence-corrected chi connectivity index (χ3v) is 3.71. The van der Waals surface area contributed by atoms with E-state index < -0.39 is 11.7 Å². The topological polar surface area (TPSA) is 80.1 Å². The van der Waals surface area contributed by atoms with E-state index in [1.54, 1.807) is 0 Å². The number of hydrogen-bond acceptors (Lipinski definition) is 5. The van der Waals surface area contributed by atoms with Crippen LogP contribution in [0.2, 0.25) is 0 Å². The third-order valence-electron chi connectivity index (χ3n) is 3.71. The number of amides is 1. The normalized spacial score (nSPS) is 17.2. The summed E-state index contributed by atoms with van der Waals surface area (Å²) in [5, 5.41) is 9.39. The molecule has 2 heterocycles. The summed E-state index contributed by atoms with van der Waals surface area (Å²) < 4.78 is 43.2. The van der Waals surface area contributed by atoms with E-state index in [9.17, 15) is 18.0 Å². The van der Waals surface area contributed by atoms with Crippen LogP contribution in [0.4, 0.5) is 13.2 Å². The van der Waals surface area contributed by atoms with Crippen LogP contribution in [0.1, 0.15) is 24.3 Å². The zero-order chi connectivity index (χ0) is 17.2. The number of rotatable bonds is 4. The molecule has 1 atom stereocenters. The lowest BCUT2D eigenvalue weighted by Gasteiger charge is -2.08. The SMILES string of the molecule is Cl.O=C(NCc1nc(-c2cccc(C(F)(F)F)c2)no1)C1CCCN1. The molecule has 0 aliphatic carbocycles. The molecule has 0 spiro atoms. The molecule has 1 aromatic carbocycles. The summed E-state index contributed by atoms with van der Waals surface area (Å²) in [5.74, 6) is 0.0180. The molecule has 136 valence electrons. The zero-order valence-electron chi connectivity index (χ0n) is 13.0. The molecule has 0 saturated carbocycles. The molecule has 1 amide bonds. The number of carbonyl (C=O) groups is 1. The van der Waals surface area contributed by atoms with Crippen LogP contribution in [0.25, 0.3) is 11.4 Å². The maximum Gasteiger partial charge on any atom is 0.416 e. The van der Waals surface area contributed by atoms with Crippen molar-refractivity contribution in [3.8, 4) is 11.4 Å². The van der Waals surface area contributed by atoms with E-state index >= 15 is 0 Å². The third kappa shape index (κ3) is 4.70. The average molecular weight is 377 g/mol. The van der Waals surface area contributed by atoms with Crippen molar-refractivity contribution in [3.63, 3.8) is 0 Å². The first-order valence-corrected chi connectivity index (χ1v) is 7.45. The quantitative estimate of drug-likeness (QED) is 0.857. The fraction of sp³-hybridized carbons (Fsp3) is 0.400. The van der Waals surface area contributed by atoms with Crippen LogP contribution in [0, 0.1) is 0 Å². The van der Waals surface area contributed by atoms with Crippen LogP contribution >= 0.6 is 12.4 Å². The Morgan fingerprint density at radius 2 is 2.20 bits per heavy atom. The summed E-state index contributed by atoms with van der Waals surface area (Å²) in [5.41, 5.74) is -0.587. The van der Waals surface area contributed by atoms with Gasteiger partial charge < -0.3 is 15.2 Å². The van der Waals surface area contributed by atoms with Gasteiger partial charge in [-0.2, -0.15) is 18.2 Å². The van der Waals surface area contributed by atoms with Crippen molar-refractivity contribution in [2.75, 3.05) is 6.54 Å². The molecule has 25 heavy (non-hydrogen) atoms. The van der Waals surface area contributed by atoms with E-state index in [-0.39, 0.29) is 48.2 Å². The van der Waals surface area contributed by atoms with Gasteiger partial charge in [0.2, 0.25) is 17.6 Å². The van der Waals surface area contributed by atoms with Gasteiger partial charge in [0.05, 0.1) is 18.2 Å². The number of aromatic nitrogens is 2. The van der Waals surface area contributed by atoms with E-state index in [0.29, 0.717) is 0 Å². The van der Waals surface area contributed by atoms with Crippen LogP contribution < -0.4 is 10.6 Å². The van der Waals surface area contributed by atoms with Gasteiger partial charge in [-0.05, 0) is 31.5 Å². The fourth-order valence-corrected chi connectivity index (χ4v) is 2.47. The maximum atomic E-state index is 12.7. The minimum absolute atomic E-state index is 0. The zero-order valence-corrected chi connectivity index (χ0v) is 13.8. The highest BCUT2D eigenvalue weighted by molar-refractivity contribution is 5.85. The van der Waals surface area contributed by atoms with Gasteiger partial charge in [0.1, 0.15) is 0 Å². The second-order valence-corrected chi connectivity index (χ2v) is 5.46. The number of halogens is 4. The smallest absolute Gasteiger partial charge is 0.346 e. The largest absolute Gasteiger partial charge is 0.416 e. The number of hydrogen-bond donors (Lipinski definition) is 2. The Balaban J connectivity index is 0.00000225. The van der Waals surface area contributed by atoms with Crippen molar-refractivity contribution in [1.82, 2.24) is 20.8 Å². The molecule has 1 saturated heterocycles. The van der Waals surface area contributed by atoms with E-state index in [1.165, 1.54) is 12.1 Å². The van der Waals surface area contributed by atoms with E-state index in [4.69, 9.17) is 4.52 Å². The number of nitrogens with zero attached hydrogens (tertiary/aromatic N) is 2. The molecule has 1 fully saturated rings. The van der Waals surface area contributed by atoms with Crippen LogP contribution in [0.15, 0.2) is 28.8 Å². The Morgan fingerprint density at radius 1 is 1.40 bits per heavy atom. The molecular formula is C15H16ClF3N4O2. The number of nitrogens with one attached hydrogen (secondary N) is 2. The highest BCUT2D eigenvalue weighted by atomic mass is 35.5. The average Bonchev–Trinajstić information content (AvgIpc) is 3.23. The highest BCUT2D eigenvalue weighted by Gasteiger charge is 2.30. The Morgan fingerprint density at radius 3 is 2.88 bits per heavy atom. The fourth-order valence-electron chi connectivity index (χ4n) is 2.47. The van der Waals surface area contributed by atoms with E-state index in [1.807, 2.05) is 0 Å². The van der Waals surface area contributed by atoms with E-state index in [0.717, 1.165) is 31.5 Å². The van der Waals surface area contributed by atoms with E-state index in [2.05, 4.69) is 20.8 Å². The van der Waals surface area contributed by atoms with Crippen LogP contribution in [0.3, 0.4) is 0 Å². The van der Waals surface area contributed by atoms with Crippen molar-refractivity contribution in [3.05, 3.63) is 35.7 Å². The van der Waals surface area contributed by atoms with Crippen molar-refractivity contribution >= 4 is 18.3 Å². The molecule has 1 aromatic heterocycles. The van der Waals surface area contributed by atoms with Gasteiger partial charge in [-0.15, -0.1) is 12.4 Å². The molecule has 10 heteroatoms. The van der Waals surface area contributed by atoms with Crippen molar-refractivity contribution in [2.24, 2.45) is 0 Å². The van der Waals surface area contributed by atoms with Crippen molar-refractivity contribution in [1.29, 1.82) is 0 Å². The van der Waals surface area contributed by atoms with Gasteiger partial charge in [-0.25, -0.2) is 0 Å². The molecule has 3 rings (SSSR count). The monoisotopic (exact) mass is 376 g/mol. The van der Waals surface area contributed by atoms with Crippen LogP contribution in [-0.2, 0) is 17.5 Å². The minimum Gasteiger partial charge on any atom is -0.346 e. The van der Waals surface area contributed by atoms with Crippen LogP contribution in [0.5, 0.6) is 0 Å². The Hall–Kier alpha value is -2.13. The van der Waals surface area contributed by atoms with Gasteiger partial charge >= 0.3 is 6.18 Å². The lowest BCUT2D eigenvalue weighted by atomic mass is 10.1. The second kappa shape index (κ2) is 7.83. The van der Waals surface area contributed by atoms with Gasteiger partial charge in [0.15, 0.2) is 0 Å². The number of benzene rings is 1. The first-order chi connectivity index (χ1) is 11.4. The molecular weight excluding hydrogens is 361 g/mol. The van der Waals surface area contributed by atoms with Crippen LogP contribution in [-0.4, -0.2) is 28.6 Å². The lowest BCUT2D eigenvalue weighted by molar-refractivity contribution is -0.137. The molecule has 0 bridgehead atoms.